The van der Waals surface area contributed by atoms with Crippen LogP contribution in [0.25, 0.3) is 0 Å². The molecule has 0 aliphatic heterocycles. The number of halogens is 1. The first-order chi connectivity index (χ1) is 10.9. The zero-order valence-electron chi connectivity index (χ0n) is 14.8. The van der Waals surface area contributed by atoms with Gasteiger partial charge in [0.2, 0.25) is 0 Å². The maximum atomic E-state index is 13.0. The molecule has 1 fully saturated rings. The van der Waals surface area contributed by atoms with Gasteiger partial charge in [0.25, 0.3) is 0 Å². The molecular weight excluding hydrogens is 426 g/mol. The summed E-state index contributed by atoms with van der Waals surface area (Å²) in [6, 6.07) is 0. The number of ether oxygens (including phenoxy) is 2. The summed E-state index contributed by atoms with van der Waals surface area (Å²) < 4.78 is 7.68. The fourth-order valence-corrected chi connectivity index (χ4v) is 8.65. The first-order valence-electron chi connectivity index (χ1n) is 8.95. The minimum atomic E-state index is -3.40. The van der Waals surface area contributed by atoms with Crippen LogP contribution in [0.15, 0.2) is 0 Å². The molecule has 0 amide bonds. The van der Waals surface area contributed by atoms with Gasteiger partial charge in [0.05, 0.1) is 0 Å². The fraction of sp³-hybridized carbons (Fsp3) is 0.882. The van der Waals surface area contributed by atoms with Crippen LogP contribution in [0.2, 0.25) is 0 Å². The zero-order chi connectivity index (χ0) is 17.4. The van der Waals surface area contributed by atoms with Crippen molar-refractivity contribution in [3.8, 4) is 0 Å². The summed E-state index contributed by atoms with van der Waals surface area (Å²) in [6.45, 7) is 6.79. The van der Waals surface area contributed by atoms with Crippen LogP contribution in [0.3, 0.4) is 0 Å². The van der Waals surface area contributed by atoms with Gasteiger partial charge in [-0.25, -0.2) is 0 Å². The van der Waals surface area contributed by atoms with Gasteiger partial charge >= 0.3 is 154 Å². The van der Waals surface area contributed by atoms with Gasteiger partial charge in [-0.05, 0) is 0 Å². The molecule has 4 nitrogen and oxygen atoms in total. The van der Waals surface area contributed by atoms with Gasteiger partial charge in [-0.2, -0.15) is 0 Å². The van der Waals surface area contributed by atoms with Gasteiger partial charge in [-0.3, -0.25) is 0 Å². The predicted molar refractivity (Wildman–Crippen MR) is 106 cm³/mol. The van der Waals surface area contributed by atoms with Crippen molar-refractivity contribution in [1.29, 1.82) is 0 Å². The molecule has 0 saturated heterocycles. The van der Waals surface area contributed by atoms with Crippen LogP contribution >= 0.6 is 26.3 Å². The molecule has 136 valence electrons. The Morgan fingerprint density at radius 2 is 1.39 bits per heavy atom. The molecule has 1 saturated carbocycles. The molecule has 0 aromatic rings. The van der Waals surface area contributed by atoms with Crippen molar-refractivity contribution >= 4 is 37.7 Å². The van der Waals surface area contributed by atoms with Crippen LogP contribution in [0.4, 0.5) is 9.59 Å². The fourth-order valence-electron chi connectivity index (χ4n) is 2.99. The SMILES string of the molecule is CCCCOC(=O)P(C)(I)(C(=O)OCCCC)C1CCCCC1. The molecule has 0 N–H and O–H groups in total. The van der Waals surface area contributed by atoms with E-state index in [9.17, 15) is 9.59 Å². The Balaban J connectivity index is 2.97. The second-order valence-electron chi connectivity index (χ2n) is 6.74. The van der Waals surface area contributed by atoms with E-state index in [-0.39, 0.29) is 17.1 Å². The van der Waals surface area contributed by atoms with Crippen molar-refractivity contribution < 1.29 is 19.1 Å². The third kappa shape index (κ3) is 5.04. The van der Waals surface area contributed by atoms with E-state index in [1.54, 1.807) is 0 Å². The van der Waals surface area contributed by atoms with Gasteiger partial charge in [-0.1, -0.05) is 0 Å². The molecule has 23 heavy (non-hydrogen) atoms. The number of carbonyl (C=O) groups is 2. The molecule has 0 radical (unpaired) electrons. The summed E-state index contributed by atoms with van der Waals surface area (Å²) in [5.41, 5.74) is -0.476. The van der Waals surface area contributed by atoms with Crippen LogP contribution in [0.1, 0.15) is 71.6 Å². The van der Waals surface area contributed by atoms with E-state index >= 15 is 0 Å². The number of unbranched alkanes of at least 4 members (excludes halogenated alkanes) is 2. The molecule has 6 heteroatoms. The third-order valence-corrected chi connectivity index (χ3v) is 13.8. The molecular formula is C17H32IO4P. The van der Waals surface area contributed by atoms with Gasteiger partial charge in [0.1, 0.15) is 0 Å². The van der Waals surface area contributed by atoms with Crippen LogP contribution in [0.5, 0.6) is 0 Å². The van der Waals surface area contributed by atoms with Crippen LogP contribution < -0.4 is 0 Å². The quantitative estimate of drug-likeness (QED) is 0.219. The van der Waals surface area contributed by atoms with Crippen molar-refractivity contribution in [3.63, 3.8) is 0 Å². The molecule has 1 rings (SSSR count). The normalized spacial score (nSPS) is 18.0. The minimum absolute atomic E-state index is 0.110. The Morgan fingerprint density at radius 3 is 1.78 bits per heavy atom. The molecule has 0 bridgehead atoms. The van der Waals surface area contributed by atoms with E-state index in [0.717, 1.165) is 51.4 Å². The number of hydrogen-bond donors (Lipinski definition) is 0. The second-order valence-corrected chi connectivity index (χ2v) is 18.7. The summed E-state index contributed by atoms with van der Waals surface area (Å²) in [6.07, 6.45) is 8.85. The summed E-state index contributed by atoms with van der Waals surface area (Å²) in [5, 5.41) is 0. The third-order valence-electron chi connectivity index (χ3n) is 4.79. The van der Waals surface area contributed by atoms with Crippen molar-refractivity contribution in [2.75, 3.05) is 19.9 Å². The van der Waals surface area contributed by atoms with E-state index in [2.05, 4.69) is 35.9 Å². The average molecular weight is 458 g/mol. The van der Waals surface area contributed by atoms with Crippen LogP contribution in [0, 0.1) is 0 Å². The molecule has 0 unspecified atom stereocenters. The molecule has 0 spiro atoms. The van der Waals surface area contributed by atoms with Gasteiger partial charge in [0.15, 0.2) is 0 Å². The van der Waals surface area contributed by atoms with Crippen molar-refractivity contribution in [3.05, 3.63) is 0 Å². The molecule has 0 aromatic carbocycles. The zero-order valence-corrected chi connectivity index (χ0v) is 17.9. The molecule has 0 atom stereocenters. The van der Waals surface area contributed by atoms with E-state index in [1.807, 2.05) is 6.66 Å². The Labute approximate surface area is 153 Å². The van der Waals surface area contributed by atoms with Gasteiger partial charge < -0.3 is 0 Å². The Kier molecular flexibility index (Phi) is 8.78. The van der Waals surface area contributed by atoms with Crippen LogP contribution in [-0.4, -0.2) is 37.0 Å². The van der Waals surface area contributed by atoms with E-state index in [0.29, 0.717) is 13.2 Å². The Hall–Kier alpha value is 0.1000. The van der Waals surface area contributed by atoms with E-state index in [1.165, 1.54) is 6.42 Å². The first kappa shape index (κ1) is 21.1. The van der Waals surface area contributed by atoms with E-state index < -0.39 is 4.25 Å². The van der Waals surface area contributed by atoms with E-state index in [4.69, 9.17) is 9.47 Å². The summed E-state index contributed by atoms with van der Waals surface area (Å²) in [4.78, 5) is 25.9. The first-order valence-corrected chi connectivity index (χ1v) is 14.5. The molecule has 1 aliphatic rings. The Bertz CT molecular complexity index is 379. The maximum absolute atomic E-state index is 13.0. The molecule has 1 aliphatic carbocycles. The summed E-state index contributed by atoms with van der Waals surface area (Å²) in [7, 11) is 0. The van der Waals surface area contributed by atoms with Gasteiger partial charge in [-0.15, -0.1) is 0 Å². The Morgan fingerprint density at radius 1 is 0.957 bits per heavy atom. The number of carbonyl (C=O) groups excluding carboxylic acids is 2. The van der Waals surface area contributed by atoms with Crippen molar-refractivity contribution in [1.82, 2.24) is 0 Å². The summed E-state index contributed by atoms with van der Waals surface area (Å²) >= 11 is 2.17. The molecule has 0 aromatic heterocycles. The average Bonchev–Trinajstić information content (AvgIpc) is 2.56. The topological polar surface area (TPSA) is 52.6 Å². The molecule has 0 heterocycles. The van der Waals surface area contributed by atoms with Gasteiger partial charge in [0, 0.05) is 0 Å². The monoisotopic (exact) mass is 458 g/mol. The second kappa shape index (κ2) is 9.55. The standard InChI is InChI=1S/C17H32IO4P/c1-4-6-13-21-16(19)23(3,18,15-11-9-8-10-12-15)17(20)22-14-7-5-2/h15H,4-14H2,1-3H3. The number of hydrogen-bond acceptors (Lipinski definition) is 4. The van der Waals surface area contributed by atoms with Crippen molar-refractivity contribution in [2.45, 2.75) is 77.3 Å². The van der Waals surface area contributed by atoms with Crippen LogP contribution in [-0.2, 0) is 9.47 Å². The summed E-state index contributed by atoms with van der Waals surface area (Å²) in [5.74, 6) is 0. The predicted octanol–water partition coefficient (Wildman–Crippen LogP) is 6.73. The van der Waals surface area contributed by atoms with Crippen molar-refractivity contribution in [2.24, 2.45) is 0 Å². The number of rotatable bonds is 9.